The van der Waals surface area contributed by atoms with Gasteiger partial charge in [0.25, 0.3) is 0 Å². The first-order valence-corrected chi connectivity index (χ1v) is 5.35. The summed E-state index contributed by atoms with van der Waals surface area (Å²) in [5, 5.41) is 17.4. The summed E-state index contributed by atoms with van der Waals surface area (Å²) in [6, 6.07) is 10.1. The minimum absolute atomic E-state index is 0.521. The molecule has 1 aromatic carbocycles. The monoisotopic (exact) mass is 213 g/mol. The molecule has 0 saturated carbocycles. The van der Waals surface area contributed by atoms with Crippen molar-refractivity contribution in [3.8, 4) is 12.1 Å². The van der Waals surface area contributed by atoms with E-state index < -0.39 is 0 Å². The van der Waals surface area contributed by atoms with Crippen LogP contribution in [-0.4, -0.2) is 13.1 Å². The van der Waals surface area contributed by atoms with Gasteiger partial charge >= 0.3 is 0 Å². The summed E-state index contributed by atoms with van der Waals surface area (Å²) in [5.74, 6) is 0. The normalized spacial score (nSPS) is 9.25. The van der Waals surface area contributed by atoms with Gasteiger partial charge in [-0.15, -0.1) is 0 Å². The van der Waals surface area contributed by atoms with Crippen LogP contribution in [0.2, 0.25) is 0 Å². The molecule has 0 atom stereocenters. The van der Waals surface area contributed by atoms with Crippen LogP contribution >= 0.6 is 0 Å². The van der Waals surface area contributed by atoms with E-state index in [0.29, 0.717) is 12.0 Å². The molecule has 0 amide bonds. The van der Waals surface area contributed by atoms with E-state index in [4.69, 9.17) is 10.5 Å². The van der Waals surface area contributed by atoms with E-state index in [9.17, 15) is 0 Å². The van der Waals surface area contributed by atoms with Crippen molar-refractivity contribution in [2.75, 3.05) is 18.0 Å². The van der Waals surface area contributed by atoms with Crippen LogP contribution in [0.25, 0.3) is 0 Å². The number of hydrogen-bond acceptors (Lipinski definition) is 3. The van der Waals surface area contributed by atoms with Gasteiger partial charge in [0, 0.05) is 18.8 Å². The Balaban J connectivity index is 2.91. The van der Waals surface area contributed by atoms with Crippen LogP contribution in [0, 0.1) is 29.6 Å². The Morgan fingerprint density at radius 2 is 2.06 bits per heavy atom. The average molecular weight is 213 g/mol. The van der Waals surface area contributed by atoms with Gasteiger partial charge in [0.2, 0.25) is 0 Å². The molecule has 0 fully saturated rings. The van der Waals surface area contributed by atoms with Gasteiger partial charge in [-0.2, -0.15) is 10.5 Å². The van der Waals surface area contributed by atoms with Crippen LogP contribution in [0.1, 0.15) is 24.5 Å². The summed E-state index contributed by atoms with van der Waals surface area (Å²) >= 11 is 0. The molecule has 0 aliphatic heterocycles. The van der Waals surface area contributed by atoms with E-state index in [1.54, 1.807) is 0 Å². The number of aryl methyl sites for hydroxylation is 1. The van der Waals surface area contributed by atoms with Gasteiger partial charge in [-0.25, -0.2) is 0 Å². The molecule has 0 N–H and O–H groups in total. The largest absolute Gasteiger partial charge is 0.371 e. The fraction of sp³-hybridized carbons (Fsp3) is 0.385. The maximum Gasteiger partial charge on any atom is 0.0994 e. The molecular formula is C13H15N3. The van der Waals surface area contributed by atoms with Crippen molar-refractivity contribution in [3.05, 3.63) is 29.3 Å². The molecule has 82 valence electrons. The van der Waals surface area contributed by atoms with Gasteiger partial charge in [-0.05, 0) is 37.6 Å². The molecular weight excluding hydrogens is 198 g/mol. The van der Waals surface area contributed by atoms with Crippen LogP contribution in [0.4, 0.5) is 5.69 Å². The third-order valence-electron chi connectivity index (χ3n) is 2.57. The van der Waals surface area contributed by atoms with E-state index in [0.717, 1.165) is 24.3 Å². The highest BCUT2D eigenvalue weighted by Crippen LogP contribution is 2.18. The van der Waals surface area contributed by atoms with Crippen LogP contribution in [0.5, 0.6) is 0 Å². The topological polar surface area (TPSA) is 50.8 Å². The molecule has 16 heavy (non-hydrogen) atoms. The van der Waals surface area contributed by atoms with Gasteiger partial charge < -0.3 is 4.90 Å². The molecule has 0 aromatic heterocycles. The van der Waals surface area contributed by atoms with Gasteiger partial charge in [-0.1, -0.05) is 0 Å². The average Bonchev–Trinajstić information content (AvgIpc) is 2.30. The molecule has 0 heterocycles. The quantitative estimate of drug-likeness (QED) is 0.772. The van der Waals surface area contributed by atoms with Crippen molar-refractivity contribution >= 4 is 5.69 Å². The Labute approximate surface area is 96.5 Å². The predicted molar refractivity (Wildman–Crippen MR) is 64.0 cm³/mol. The number of rotatable bonds is 4. The van der Waals surface area contributed by atoms with Crippen molar-refractivity contribution < 1.29 is 0 Å². The molecule has 0 radical (unpaired) electrons. The molecule has 3 heteroatoms. The molecule has 0 unspecified atom stereocenters. The Morgan fingerprint density at radius 3 is 2.56 bits per heavy atom. The van der Waals surface area contributed by atoms with Crippen molar-refractivity contribution in [3.63, 3.8) is 0 Å². The van der Waals surface area contributed by atoms with Crippen molar-refractivity contribution in [2.45, 2.75) is 20.3 Å². The van der Waals surface area contributed by atoms with Gasteiger partial charge in [0.1, 0.15) is 0 Å². The Bertz CT molecular complexity index is 437. The highest BCUT2D eigenvalue weighted by Gasteiger charge is 2.05. The van der Waals surface area contributed by atoms with Crippen molar-refractivity contribution in [2.24, 2.45) is 0 Å². The lowest BCUT2D eigenvalue weighted by Crippen LogP contribution is -2.23. The Hall–Kier alpha value is -2.00. The zero-order valence-corrected chi connectivity index (χ0v) is 9.70. The number of hydrogen-bond donors (Lipinski definition) is 0. The second kappa shape index (κ2) is 5.78. The zero-order valence-electron chi connectivity index (χ0n) is 9.70. The second-order valence-electron chi connectivity index (χ2n) is 3.60. The first-order valence-electron chi connectivity index (χ1n) is 5.35. The van der Waals surface area contributed by atoms with Gasteiger partial charge in [0.15, 0.2) is 0 Å². The maximum atomic E-state index is 8.84. The first-order chi connectivity index (χ1) is 7.72. The minimum Gasteiger partial charge on any atom is -0.371 e. The molecule has 1 rings (SSSR count). The number of benzene rings is 1. The summed E-state index contributed by atoms with van der Waals surface area (Å²) in [6.07, 6.45) is 0.521. The van der Waals surface area contributed by atoms with E-state index in [1.807, 2.05) is 25.1 Å². The van der Waals surface area contributed by atoms with E-state index in [1.165, 1.54) is 0 Å². The maximum absolute atomic E-state index is 8.84. The highest BCUT2D eigenvalue weighted by molar-refractivity contribution is 5.53. The lowest BCUT2D eigenvalue weighted by atomic mass is 10.1. The standard InChI is InChI=1S/C13H15N3/c1-3-16(8-4-7-14)13-6-5-12(10-15)11(2)9-13/h5-6,9H,3-4,8H2,1-2H3. The van der Waals surface area contributed by atoms with Crippen LogP contribution < -0.4 is 4.90 Å². The Kier molecular flexibility index (Phi) is 4.36. The summed E-state index contributed by atoms with van der Waals surface area (Å²) in [7, 11) is 0. The molecule has 3 nitrogen and oxygen atoms in total. The smallest absolute Gasteiger partial charge is 0.0994 e. The third-order valence-corrected chi connectivity index (χ3v) is 2.57. The fourth-order valence-electron chi connectivity index (χ4n) is 1.62. The first kappa shape index (κ1) is 12.1. The van der Waals surface area contributed by atoms with Crippen LogP contribution in [0.3, 0.4) is 0 Å². The van der Waals surface area contributed by atoms with Gasteiger partial charge in [0.05, 0.1) is 24.1 Å². The van der Waals surface area contributed by atoms with Crippen molar-refractivity contribution in [1.29, 1.82) is 10.5 Å². The summed E-state index contributed by atoms with van der Waals surface area (Å²) < 4.78 is 0. The lowest BCUT2D eigenvalue weighted by Gasteiger charge is -2.22. The predicted octanol–water partition coefficient (Wildman–Crippen LogP) is 2.61. The molecule has 0 spiro atoms. The van der Waals surface area contributed by atoms with E-state index >= 15 is 0 Å². The van der Waals surface area contributed by atoms with Crippen LogP contribution in [-0.2, 0) is 0 Å². The SMILES string of the molecule is CCN(CCC#N)c1ccc(C#N)c(C)c1. The summed E-state index contributed by atoms with van der Waals surface area (Å²) in [4.78, 5) is 2.14. The van der Waals surface area contributed by atoms with E-state index in [2.05, 4.69) is 24.0 Å². The summed E-state index contributed by atoms with van der Waals surface area (Å²) in [5.41, 5.74) is 2.77. The molecule has 0 aliphatic carbocycles. The molecule has 0 aliphatic rings. The minimum atomic E-state index is 0.521. The number of nitrogens with zero attached hydrogens (tertiary/aromatic N) is 3. The van der Waals surface area contributed by atoms with Crippen LogP contribution in [0.15, 0.2) is 18.2 Å². The molecule has 1 aromatic rings. The second-order valence-corrected chi connectivity index (χ2v) is 3.60. The summed E-state index contributed by atoms with van der Waals surface area (Å²) in [6.45, 7) is 5.59. The van der Waals surface area contributed by atoms with E-state index in [-0.39, 0.29) is 0 Å². The van der Waals surface area contributed by atoms with Crippen molar-refractivity contribution in [1.82, 2.24) is 0 Å². The lowest BCUT2D eigenvalue weighted by molar-refractivity contribution is 0.826. The number of nitriles is 2. The van der Waals surface area contributed by atoms with Gasteiger partial charge in [-0.3, -0.25) is 0 Å². The molecule has 0 saturated heterocycles. The third kappa shape index (κ3) is 2.74. The fourth-order valence-corrected chi connectivity index (χ4v) is 1.62. The highest BCUT2D eigenvalue weighted by atomic mass is 15.1. The zero-order chi connectivity index (χ0) is 12.0. The molecule has 0 bridgehead atoms. The number of anilines is 1. The Morgan fingerprint density at radius 1 is 1.31 bits per heavy atom.